The van der Waals surface area contributed by atoms with Gasteiger partial charge in [0, 0.05) is 25.4 Å². The lowest BCUT2D eigenvalue weighted by Crippen LogP contribution is -2.23. The predicted octanol–water partition coefficient (Wildman–Crippen LogP) is 2.46. The maximum absolute atomic E-state index is 8.86. The lowest BCUT2D eigenvalue weighted by Gasteiger charge is -2.24. The third-order valence-corrected chi connectivity index (χ3v) is 2.70. The summed E-state index contributed by atoms with van der Waals surface area (Å²) in [6.45, 7) is 6.69. The summed E-state index contributed by atoms with van der Waals surface area (Å²) in [5, 5.41) is 8.86. The summed E-state index contributed by atoms with van der Waals surface area (Å²) < 4.78 is 0. The molecule has 0 aliphatic carbocycles. The van der Waals surface area contributed by atoms with Gasteiger partial charge in [0.2, 0.25) is 0 Å². The van der Waals surface area contributed by atoms with Gasteiger partial charge in [-0.15, -0.1) is 0 Å². The van der Waals surface area contributed by atoms with Gasteiger partial charge in [-0.05, 0) is 38.3 Å². The average Bonchev–Trinajstić information content (AvgIpc) is 2.29. The molecule has 0 bridgehead atoms. The molecule has 0 amide bonds. The van der Waals surface area contributed by atoms with Gasteiger partial charge >= 0.3 is 0 Å². The molecule has 0 radical (unpaired) electrons. The van der Waals surface area contributed by atoms with Gasteiger partial charge in [0.1, 0.15) is 0 Å². The van der Waals surface area contributed by atoms with Crippen molar-refractivity contribution in [2.75, 3.05) is 24.6 Å². The zero-order valence-electron chi connectivity index (χ0n) is 9.74. The number of anilines is 1. The normalized spacial score (nSPS) is 10.3. The van der Waals surface area contributed by atoms with Crippen LogP contribution in [-0.2, 0) is 6.42 Å². The molecule has 0 aromatic heterocycles. The minimum atomic E-state index is 0.270. The van der Waals surface area contributed by atoms with Crippen LogP contribution in [0.3, 0.4) is 0 Å². The van der Waals surface area contributed by atoms with Gasteiger partial charge in [-0.1, -0.05) is 18.2 Å². The highest BCUT2D eigenvalue weighted by atomic mass is 16.2. The Morgan fingerprint density at radius 1 is 1.13 bits per heavy atom. The second kappa shape index (κ2) is 6.46. The van der Waals surface area contributed by atoms with Crippen LogP contribution in [0.25, 0.3) is 0 Å². The van der Waals surface area contributed by atoms with Gasteiger partial charge < -0.3 is 10.0 Å². The smallest absolute Gasteiger partial charge is 0.0434 e. The molecule has 0 spiro atoms. The first-order chi connectivity index (χ1) is 7.33. The van der Waals surface area contributed by atoms with Crippen molar-refractivity contribution >= 4 is 5.69 Å². The van der Waals surface area contributed by atoms with Crippen molar-refractivity contribution in [3.63, 3.8) is 0 Å². The summed E-state index contributed by atoms with van der Waals surface area (Å²) >= 11 is 0. The number of aliphatic hydroxyl groups is 1. The predicted molar refractivity (Wildman–Crippen MR) is 65.4 cm³/mol. The third kappa shape index (κ3) is 3.24. The topological polar surface area (TPSA) is 23.5 Å². The van der Waals surface area contributed by atoms with Gasteiger partial charge in [-0.3, -0.25) is 0 Å². The van der Waals surface area contributed by atoms with Crippen LogP contribution >= 0.6 is 0 Å². The Morgan fingerprint density at radius 2 is 1.80 bits per heavy atom. The second-order valence-electron chi connectivity index (χ2n) is 3.63. The molecule has 1 N–H and O–H groups in total. The maximum atomic E-state index is 8.86. The third-order valence-electron chi connectivity index (χ3n) is 2.70. The molecule has 0 saturated heterocycles. The number of aliphatic hydroxyl groups excluding tert-OH is 1. The van der Waals surface area contributed by atoms with Crippen molar-refractivity contribution in [3.05, 3.63) is 29.8 Å². The van der Waals surface area contributed by atoms with Crippen LogP contribution < -0.4 is 4.90 Å². The molecule has 1 aromatic rings. The van der Waals surface area contributed by atoms with Crippen LogP contribution in [0.15, 0.2) is 24.3 Å². The molecule has 0 unspecified atom stereocenters. The number of rotatable bonds is 6. The first kappa shape index (κ1) is 12.1. The van der Waals surface area contributed by atoms with Gasteiger partial charge in [0.25, 0.3) is 0 Å². The summed E-state index contributed by atoms with van der Waals surface area (Å²) in [6, 6.07) is 8.47. The number of hydrogen-bond donors (Lipinski definition) is 1. The van der Waals surface area contributed by atoms with Crippen LogP contribution in [0.5, 0.6) is 0 Å². The molecule has 15 heavy (non-hydrogen) atoms. The molecular formula is C13H21NO. The van der Waals surface area contributed by atoms with Crippen LogP contribution in [0.1, 0.15) is 25.8 Å². The van der Waals surface area contributed by atoms with E-state index in [1.165, 1.54) is 11.3 Å². The molecule has 2 nitrogen and oxygen atoms in total. The minimum absolute atomic E-state index is 0.270. The van der Waals surface area contributed by atoms with E-state index < -0.39 is 0 Å². The van der Waals surface area contributed by atoms with Crippen molar-refractivity contribution in [2.24, 2.45) is 0 Å². The van der Waals surface area contributed by atoms with Crippen LogP contribution in [0, 0.1) is 0 Å². The fraction of sp³-hybridized carbons (Fsp3) is 0.538. The zero-order chi connectivity index (χ0) is 11.1. The first-order valence-corrected chi connectivity index (χ1v) is 5.77. The van der Waals surface area contributed by atoms with Crippen LogP contribution in [-0.4, -0.2) is 24.8 Å². The number of aryl methyl sites for hydroxylation is 1. The van der Waals surface area contributed by atoms with E-state index in [4.69, 9.17) is 5.11 Å². The Morgan fingerprint density at radius 3 is 2.40 bits per heavy atom. The quantitative estimate of drug-likeness (QED) is 0.774. The minimum Gasteiger partial charge on any atom is -0.396 e. The van der Waals surface area contributed by atoms with Gasteiger partial charge in [0.15, 0.2) is 0 Å². The van der Waals surface area contributed by atoms with E-state index in [9.17, 15) is 0 Å². The van der Waals surface area contributed by atoms with E-state index in [1.54, 1.807) is 0 Å². The summed E-state index contributed by atoms with van der Waals surface area (Å²) in [5.74, 6) is 0. The Kier molecular flexibility index (Phi) is 5.19. The van der Waals surface area contributed by atoms with Gasteiger partial charge in [-0.25, -0.2) is 0 Å². The highest BCUT2D eigenvalue weighted by Gasteiger charge is 2.06. The summed E-state index contributed by atoms with van der Waals surface area (Å²) in [4.78, 5) is 2.35. The van der Waals surface area contributed by atoms with Crippen molar-refractivity contribution in [2.45, 2.75) is 26.7 Å². The molecular weight excluding hydrogens is 186 g/mol. The molecule has 0 aliphatic heterocycles. The molecule has 0 heterocycles. The highest BCUT2D eigenvalue weighted by Crippen LogP contribution is 2.21. The molecule has 0 fully saturated rings. The molecule has 0 aliphatic rings. The standard InChI is InChI=1S/C13H21NO/c1-3-14(4-2)13-10-6-5-8-12(13)9-7-11-15/h5-6,8,10,15H,3-4,7,9,11H2,1-2H3. The maximum Gasteiger partial charge on any atom is 0.0434 e. The number of para-hydroxylation sites is 1. The van der Waals surface area contributed by atoms with E-state index in [0.717, 1.165) is 25.9 Å². The lowest BCUT2D eigenvalue weighted by molar-refractivity contribution is 0.288. The van der Waals surface area contributed by atoms with E-state index in [2.05, 4.69) is 43.0 Å². The monoisotopic (exact) mass is 207 g/mol. The molecule has 0 saturated carbocycles. The summed E-state index contributed by atoms with van der Waals surface area (Å²) in [6.07, 6.45) is 1.81. The van der Waals surface area contributed by atoms with Crippen molar-refractivity contribution in [1.82, 2.24) is 0 Å². The lowest BCUT2D eigenvalue weighted by atomic mass is 10.1. The fourth-order valence-electron chi connectivity index (χ4n) is 1.86. The molecule has 1 aromatic carbocycles. The summed E-state index contributed by atoms with van der Waals surface area (Å²) in [5.41, 5.74) is 2.66. The Labute approximate surface area is 92.5 Å². The number of hydrogen-bond acceptors (Lipinski definition) is 2. The van der Waals surface area contributed by atoms with Crippen molar-refractivity contribution < 1.29 is 5.11 Å². The SMILES string of the molecule is CCN(CC)c1ccccc1CCCO. The Hall–Kier alpha value is -1.02. The number of nitrogens with zero attached hydrogens (tertiary/aromatic N) is 1. The van der Waals surface area contributed by atoms with Gasteiger partial charge in [0.05, 0.1) is 0 Å². The molecule has 0 atom stereocenters. The summed E-state index contributed by atoms with van der Waals surface area (Å²) in [7, 11) is 0. The van der Waals surface area contributed by atoms with Gasteiger partial charge in [-0.2, -0.15) is 0 Å². The Balaban J connectivity index is 2.84. The zero-order valence-corrected chi connectivity index (χ0v) is 9.74. The second-order valence-corrected chi connectivity index (χ2v) is 3.63. The van der Waals surface area contributed by atoms with Crippen molar-refractivity contribution in [3.8, 4) is 0 Å². The van der Waals surface area contributed by atoms with E-state index >= 15 is 0 Å². The first-order valence-electron chi connectivity index (χ1n) is 5.77. The van der Waals surface area contributed by atoms with Crippen LogP contribution in [0.4, 0.5) is 5.69 Å². The largest absolute Gasteiger partial charge is 0.396 e. The number of benzene rings is 1. The highest BCUT2D eigenvalue weighted by molar-refractivity contribution is 5.53. The van der Waals surface area contributed by atoms with Crippen molar-refractivity contribution in [1.29, 1.82) is 0 Å². The molecule has 84 valence electrons. The Bertz CT molecular complexity index is 282. The molecule has 1 rings (SSSR count). The van der Waals surface area contributed by atoms with E-state index in [0.29, 0.717) is 0 Å². The molecule has 2 heteroatoms. The fourth-order valence-corrected chi connectivity index (χ4v) is 1.86. The average molecular weight is 207 g/mol. The van der Waals surface area contributed by atoms with E-state index in [1.807, 2.05) is 0 Å². The van der Waals surface area contributed by atoms with Crippen LogP contribution in [0.2, 0.25) is 0 Å². The van der Waals surface area contributed by atoms with E-state index in [-0.39, 0.29) is 6.61 Å².